The van der Waals surface area contributed by atoms with Crippen LogP contribution in [0.15, 0.2) is 66.9 Å². The molecule has 0 aliphatic rings. The average Bonchev–Trinajstić information content (AvgIpc) is 2.89. The van der Waals surface area contributed by atoms with Crippen molar-refractivity contribution in [2.45, 2.75) is 90.9 Å². The van der Waals surface area contributed by atoms with Crippen LogP contribution >= 0.6 is 0 Å². The van der Waals surface area contributed by atoms with E-state index in [2.05, 4.69) is 73.4 Å². The number of ether oxygens (including phenoxy) is 1. The average molecular weight is 458 g/mol. The summed E-state index contributed by atoms with van der Waals surface area (Å²) in [5.74, 6) is 0.864. The Kier molecular flexibility index (Phi) is 11.7. The van der Waals surface area contributed by atoms with Crippen molar-refractivity contribution in [1.82, 2.24) is 4.98 Å². The van der Waals surface area contributed by atoms with Gasteiger partial charge in [0.2, 0.25) is 0 Å². The summed E-state index contributed by atoms with van der Waals surface area (Å²) in [7, 11) is 0. The van der Waals surface area contributed by atoms with Crippen LogP contribution in [-0.2, 0) is 19.3 Å². The Morgan fingerprint density at radius 1 is 0.559 bits per heavy atom. The zero-order valence-corrected chi connectivity index (χ0v) is 21.4. The van der Waals surface area contributed by atoms with Gasteiger partial charge in [-0.25, -0.2) is 0 Å². The summed E-state index contributed by atoms with van der Waals surface area (Å²) in [6, 6.07) is 22.2. The van der Waals surface area contributed by atoms with Crippen LogP contribution in [0.1, 0.15) is 88.3 Å². The second-order valence-electron chi connectivity index (χ2n) is 9.47. The molecule has 0 atom stereocenters. The Labute approximate surface area is 207 Å². The lowest BCUT2D eigenvalue weighted by Gasteiger charge is -2.08. The Balaban J connectivity index is 1.41. The molecule has 0 aliphatic heterocycles. The second-order valence-corrected chi connectivity index (χ2v) is 9.47. The van der Waals surface area contributed by atoms with Crippen LogP contribution in [0.2, 0.25) is 0 Å². The lowest BCUT2D eigenvalue weighted by atomic mass is 10.00. The summed E-state index contributed by atoms with van der Waals surface area (Å²) in [5, 5.41) is 0. The summed E-state index contributed by atoms with van der Waals surface area (Å²) in [6.45, 7) is 5.29. The van der Waals surface area contributed by atoms with E-state index in [1.807, 2.05) is 12.3 Å². The molecular weight excluding hydrogens is 414 g/mol. The van der Waals surface area contributed by atoms with Gasteiger partial charge in [-0.1, -0.05) is 107 Å². The summed E-state index contributed by atoms with van der Waals surface area (Å²) >= 11 is 0. The first-order valence-corrected chi connectivity index (χ1v) is 13.5. The van der Waals surface area contributed by atoms with E-state index >= 15 is 0 Å². The Hall–Kier alpha value is -2.61. The fourth-order valence-electron chi connectivity index (χ4n) is 4.29. The highest BCUT2D eigenvalue weighted by atomic mass is 16.5. The first kappa shape index (κ1) is 26.0. The van der Waals surface area contributed by atoms with Crippen molar-refractivity contribution in [2.75, 3.05) is 6.61 Å². The number of aryl methyl sites for hydroxylation is 3. The molecule has 0 unspecified atom stereocenters. The van der Waals surface area contributed by atoms with Crippen molar-refractivity contribution >= 4 is 0 Å². The maximum Gasteiger partial charge on any atom is 0.137 e. The molecule has 0 saturated carbocycles. The minimum atomic E-state index is 0.779. The normalized spacial score (nSPS) is 11.0. The van der Waals surface area contributed by atoms with Crippen molar-refractivity contribution in [3.05, 3.63) is 83.6 Å². The molecule has 3 rings (SSSR count). The molecule has 0 fully saturated rings. The minimum absolute atomic E-state index is 0.779. The highest BCUT2D eigenvalue weighted by molar-refractivity contribution is 5.59. The van der Waals surface area contributed by atoms with E-state index < -0.39 is 0 Å². The second kappa shape index (κ2) is 15.3. The number of hydrogen-bond donors (Lipinski definition) is 0. The van der Waals surface area contributed by atoms with Crippen molar-refractivity contribution < 1.29 is 4.74 Å². The molecule has 1 aromatic heterocycles. The van der Waals surface area contributed by atoms with Gasteiger partial charge >= 0.3 is 0 Å². The molecule has 0 saturated heterocycles. The fourth-order valence-corrected chi connectivity index (χ4v) is 4.29. The number of unbranched alkanes of at least 4 members (excludes halogenated alkanes) is 7. The highest BCUT2D eigenvalue weighted by Crippen LogP contribution is 2.21. The first-order chi connectivity index (χ1) is 16.8. The number of nitrogens with zero attached hydrogens (tertiary/aromatic N) is 1. The number of pyridine rings is 1. The van der Waals surface area contributed by atoms with Gasteiger partial charge in [-0.05, 0) is 60.9 Å². The van der Waals surface area contributed by atoms with Crippen LogP contribution in [0.5, 0.6) is 5.75 Å². The lowest BCUT2D eigenvalue weighted by molar-refractivity contribution is 0.303. The van der Waals surface area contributed by atoms with Crippen molar-refractivity contribution in [3.8, 4) is 17.0 Å². The van der Waals surface area contributed by atoms with Crippen LogP contribution in [0.4, 0.5) is 0 Å². The SMILES string of the molecule is CCCCCCCOc1ccc(-c2ccc(CCc3ccc(CCCCCC)cc3)cc2)nc1. The molecular formula is C32H43NO. The highest BCUT2D eigenvalue weighted by Gasteiger charge is 2.03. The van der Waals surface area contributed by atoms with E-state index in [9.17, 15) is 0 Å². The molecule has 0 aliphatic carbocycles. The van der Waals surface area contributed by atoms with Gasteiger partial charge < -0.3 is 4.74 Å². The fraction of sp³-hybridized carbons (Fsp3) is 0.469. The molecule has 0 amide bonds. The number of aromatic nitrogens is 1. The molecule has 1 heterocycles. The van der Waals surface area contributed by atoms with Crippen LogP contribution in [0, 0.1) is 0 Å². The molecule has 2 aromatic carbocycles. The summed E-state index contributed by atoms with van der Waals surface area (Å²) < 4.78 is 5.84. The van der Waals surface area contributed by atoms with Crippen LogP contribution < -0.4 is 4.74 Å². The molecule has 34 heavy (non-hydrogen) atoms. The van der Waals surface area contributed by atoms with E-state index in [0.29, 0.717) is 0 Å². The van der Waals surface area contributed by atoms with Gasteiger partial charge in [0.15, 0.2) is 0 Å². The van der Waals surface area contributed by atoms with E-state index in [-0.39, 0.29) is 0 Å². The van der Waals surface area contributed by atoms with Crippen LogP contribution in [-0.4, -0.2) is 11.6 Å². The number of benzene rings is 2. The van der Waals surface area contributed by atoms with Gasteiger partial charge in [0.1, 0.15) is 5.75 Å². The largest absolute Gasteiger partial charge is 0.492 e. The third-order valence-electron chi connectivity index (χ3n) is 6.55. The molecule has 0 spiro atoms. The molecule has 2 nitrogen and oxygen atoms in total. The lowest BCUT2D eigenvalue weighted by Crippen LogP contribution is -1.98. The molecule has 0 bridgehead atoms. The third-order valence-corrected chi connectivity index (χ3v) is 6.55. The van der Waals surface area contributed by atoms with Gasteiger partial charge in [-0.2, -0.15) is 0 Å². The van der Waals surface area contributed by atoms with Crippen molar-refractivity contribution in [2.24, 2.45) is 0 Å². The van der Waals surface area contributed by atoms with Crippen molar-refractivity contribution in [1.29, 1.82) is 0 Å². The standard InChI is InChI=1S/C32H43NO/c1-3-5-7-9-11-25-34-31-23-24-32(33-26-31)30-21-19-29(20-22-30)18-17-28-15-13-27(14-16-28)12-10-8-6-4-2/h13-16,19-24,26H,3-12,17-18,25H2,1-2H3. The Bertz CT molecular complexity index is 913. The monoisotopic (exact) mass is 457 g/mol. The summed E-state index contributed by atoms with van der Waals surface area (Å²) in [4.78, 5) is 4.62. The predicted molar refractivity (Wildman–Crippen MR) is 146 cm³/mol. The van der Waals surface area contributed by atoms with Gasteiger partial charge in [0.25, 0.3) is 0 Å². The number of hydrogen-bond acceptors (Lipinski definition) is 2. The van der Waals surface area contributed by atoms with E-state index in [0.717, 1.165) is 42.9 Å². The number of rotatable bonds is 16. The molecule has 0 radical (unpaired) electrons. The van der Waals surface area contributed by atoms with E-state index in [4.69, 9.17) is 4.74 Å². The Morgan fingerprint density at radius 3 is 1.71 bits per heavy atom. The van der Waals surface area contributed by atoms with Gasteiger partial charge in [0.05, 0.1) is 18.5 Å². The first-order valence-electron chi connectivity index (χ1n) is 13.5. The topological polar surface area (TPSA) is 22.1 Å². The van der Waals surface area contributed by atoms with E-state index in [1.54, 1.807) is 0 Å². The van der Waals surface area contributed by atoms with Gasteiger partial charge in [0, 0.05) is 5.56 Å². The molecule has 2 heteroatoms. The molecule has 182 valence electrons. The maximum atomic E-state index is 5.84. The Morgan fingerprint density at radius 2 is 1.12 bits per heavy atom. The quantitative estimate of drug-likeness (QED) is 0.200. The maximum absolute atomic E-state index is 5.84. The smallest absolute Gasteiger partial charge is 0.137 e. The van der Waals surface area contributed by atoms with Crippen molar-refractivity contribution in [3.63, 3.8) is 0 Å². The zero-order chi connectivity index (χ0) is 23.8. The van der Waals surface area contributed by atoms with Crippen LogP contribution in [0.3, 0.4) is 0 Å². The van der Waals surface area contributed by atoms with Gasteiger partial charge in [-0.3, -0.25) is 4.98 Å². The third kappa shape index (κ3) is 9.33. The van der Waals surface area contributed by atoms with Gasteiger partial charge in [-0.15, -0.1) is 0 Å². The summed E-state index contributed by atoms with van der Waals surface area (Å²) in [6.07, 6.45) is 16.8. The molecule has 0 N–H and O–H groups in total. The predicted octanol–water partition coefficient (Wildman–Crippen LogP) is 9.01. The van der Waals surface area contributed by atoms with Crippen LogP contribution in [0.25, 0.3) is 11.3 Å². The summed E-state index contributed by atoms with van der Waals surface area (Å²) in [5.41, 5.74) is 6.41. The van der Waals surface area contributed by atoms with E-state index in [1.165, 1.54) is 74.5 Å². The zero-order valence-electron chi connectivity index (χ0n) is 21.4. The molecule has 3 aromatic rings. The minimum Gasteiger partial charge on any atom is -0.492 e.